The Morgan fingerprint density at radius 3 is 0.821 bits per heavy atom. The van der Waals surface area contributed by atoms with Gasteiger partial charge in [-0.25, -0.2) is 0 Å². The molecule has 0 unspecified atom stereocenters. The van der Waals surface area contributed by atoms with Gasteiger partial charge in [0.1, 0.15) is 0 Å². The molecule has 0 spiro atoms. The van der Waals surface area contributed by atoms with Crippen molar-refractivity contribution in [2.75, 3.05) is 19.8 Å². The molecule has 0 aromatic heterocycles. The van der Waals surface area contributed by atoms with Crippen molar-refractivity contribution in [1.82, 2.24) is 0 Å². The van der Waals surface area contributed by atoms with E-state index in [1.807, 2.05) is 20.8 Å². The molecule has 0 fully saturated rings. The number of phosphoric acid groups is 3. The van der Waals surface area contributed by atoms with Gasteiger partial charge in [0.05, 0.1) is 43.3 Å². The SMILES string of the molecule is CCCCOP(=O)([O-])[O-].CCCCOP(=O)([O-])[O-].CCCCOP(=O)([O-])[O-].[U]. The number of unbranched alkanes of at least 4 members (excludes halogenated alkanes) is 3. The normalized spacial score (nSPS) is 11.5. The molecule has 0 aliphatic heterocycles. The van der Waals surface area contributed by atoms with Gasteiger partial charge in [0.2, 0.25) is 0 Å². The van der Waals surface area contributed by atoms with Crippen LogP contribution in [0, 0.1) is 31.1 Å². The minimum absolute atomic E-state index is 0. The minimum Gasteiger partial charge on any atom is -0.790 e. The van der Waals surface area contributed by atoms with Crippen LogP contribution < -0.4 is 29.4 Å². The van der Waals surface area contributed by atoms with Crippen LogP contribution in [0.2, 0.25) is 0 Å². The van der Waals surface area contributed by atoms with Crippen molar-refractivity contribution in [1.29, 1.82) is 0 Å². The van der Waals surface area contributed by atoms with E-state index in [1.54, 1.807) is 0 Å². The van der Waals surface area contributed by atoms with Gasteiger partial charge >= 0.3 is 0 Å². The van der Waals surface area contributed by atoms with E-state index in [0.717, 1.165) is 19.3 Å². The summed E-state index contributed by atoms with van der Waals surface area (Å²) in [5.41, 5.74) is 0. The van der Waals surface area contributed by atoms with Gasteiger partial charge in [-0.2, -0.15) is 0 Å². The summed E-state index contributed by atoms with van der Waals surface area (Å²) < 4.78 is 41.0. The molecule has 0 aromatic rings. The maximum Gasteiger partial charge on any atom is 0.0596 e. The largest absolute Gasteiger partial charge is 0.790 e. The summed E-state index contributed by atoms with van der Waals surface area (Å²) in [5, 5.41) is 0. The summed E-state index contributed by atoms with van der Waals surface area (Å²) in [7, 11) is -14.1. The van der Waals surface area contributed by atoms with Crippen molar-refractivity contribution in [3.05, 3.63) is 0 Å². The Balaban J connectivity index is -0.000000152. The van der Waals surface area contributed by atoms with E-state index >= 15 is 0 Å². The van der Waals surface area contributed by atoms with E-state index in [4.69, 9.17) is 0 Å². The van der Waals surface area contributed by atoms with Crippen molar-refractivity contribution in [3.8, 4) is 0 Å². The Bertz CT molecular complexity index is 394. The van der Waals surface area contributed by atoms with Crippen molar-refractivity contribution < 1.29 is 87.7 Å². The van der Waals surface area contributed by atoms with Crippen molar-refractivity contribution >= 4 is 23.5 Å². The smallest absolute Gasteiger partial charge is 0.0596 e. The Labute approximate surface area is 189 Å². The Kier molecular flexibility index (Phi) is 28.4. The fraction of sp³-hybridized carbons (Fsp3) is 1.00. The predicted octanol–water partition coefficient (Wildman–Crippen LogP) is -1.10. The maximum absolute atomic E-state index is 9.76. The molecule has 0 aliphatic carbocycles. The summed E-state index contributed by atoms with van der Waals surface area (Å²) in [6, 6.07) is 0. The van der Waals surface area contributed by atoms with Crippen molar-refractivity contribution in [2.45, 2.75) is 59.3 Å². The van der Waals surface area contributed by atoms with E-state index in [1.165, 1.54) is 0 Å². The molecule has 0 saturated carbocycles. The maximum atomic E-state index is 9.76. The van der Waals surface area contributed by atoms with E-state index in [0.29, 0.717) is 19.3 Å². The predicted molar refractivity (Wildman–Crippen MR) is 85.4 cm³/mol. The van der Waals surface area contributed by atoms with E-state index in [2.05, 4.69) is 13.6 Å². The summed E-state index contributed by atoms with van der Waals surface area (Å²) in [4.78, 5) is 58.5. The Morgan fingerprint density at radius 2 is 0.714 bits per heavy atom. The molecule has 28 heavy (non-hydrogen) atoms. The molecule has 0 saturated heterocycles. The summed E-state index contributed by atoms with van der Waals surface area (Å²) in [6.07, 6.45) is 4.28. The van der Waals surface area contributed by atoms with E-state index in [-0.39, 0.29) is 50.9 Å². The number of hydrogen-bond acceptors (Lipinski definition) is 12. The van der Waals surface area contributed by atoms with Gasteiger partial charge in [0.25, 0.3) is 0 Å². The molecular formula is C12H27O12P3U-6. The zero-order chi connectivity index (χ0) is 22.0. The quantitative estimate of drug-likeness (QED) is 0.176. The molecule has 0 heterocycles. The monoisotopic (exact) mass is 694 g/mol. The van der Waals surface area contributed by atoms with Crippen LogP contribution >= 0.6 is 23.5 Å². The van der Waals surface area contributed by atoms with Crippen LogP contribution in [0.5, 0.6) is 0 Å². The third kappa shape index (κ3) is 50.7. The summed E-state index contributed by atoms with van der Waals surface area (Å²) in [5.74, 6) is 0. The van der Waals surface area contributed by atoms with Crippen LogP contribution in [-0.4, -0.2) is 19.8 Å². The zero-order valence-electron chi connectivity index (χ0n) is 16.1. The molecule has 0 N–H and O–H groups in total. The van der Waals surface area contributed by atoms with Crippen LogP contribution in [0.1, 0.15) is 59.3 Å². The first-order valence-electron chi connectivity index (χ1n) is 8.18. The van der Waals surface area contributed by atoms with Crippen molar-refractivity contribution in [2.24, 2.45) is 0 Å². The zero-order valence-corrected chi connectivity index (χ0v) is 23.0. The van der Waals surface area contributed by atoms with E-state index < -0.39 is 23.5 Å². The second-order valence-electron chi connectivity index (χ2n) is 4.90. The average Bonchev–Trinajstić information content (AvgIpc) is 2.46. The standard InChI is InChI=1S/3C4H11O4P.U/c3*1-2-3-4-8-9(5,6)7;/h3*2-4H2,1H3,(H2,5,6,7);/p-6. The molecule has 16 heteroatoms. The van der Waals surface area contributed by atoms with Gasteiger partial charge in [0, 0.05) is 31.1 Å². The molecule has 0 radical (unpaired) electrons. The first-order chi connectivity index (χ1) is 12.2. The number of phosphoric ester groups is 3. The van der Waals surface area contributed by atoms with Gasteiger partial charge < -0.3 is 56.6 Å². The fourth-order valence-electron chi connectivity index (χ4n) is 0.962. The van der Waals surface area contributed by atoms with Crippen LogP contribution in [-0.2, 0) is 27.3 Å². The first-order valence-corrected chi connectivity index (χ1v) is 12.6. The van der Waals surface area contributed by atoms with Crippen LogP contribution in [0.4, 0.5) is 0 Å². The van der Waals surface area contributed by atoms with Gasteiger partial charge in [-0.3, -0.25) is 0 Å². The average molecular weight is 694 g/mol. The van der Waals surface area contributed by atoms with Gasteiger partial charge in [0.15, 0.2) is 0 Å². The fourth-order valence-corrected chi connectivity index (χ4v) is 2.02. The summed E-state index contributed by atoms with van der Waals surface area (Å²) in [6.45, 7) is 5.68. The second kappa shape index (κ2) is 21.6. The third-order valence-corrected chi connectivity index (χ3v) is 3.74. The molecular weight excluding hydrogens is 667 g/mol. The van der Waals surface area contributed by atoms with Gasteiger partial charge in [-0.1, -0.05) is 40.0 Å². The number of rotatable bonds is 12. The van der Waals surface area contributed by atoms with Crippen molar-refractivity contribution in [3.63, 3.8) is 0 Å². The number of hydrogen-bond donors (Lipinski definition) is 0. The minimum atomic E-state index is -4.70. The van der Waals surface area contributed by atoms with Gasteiger partial charge in [-0.05, 0) is 19.3 Å². The van der Waals surface area contributed by atoms with E-state index in [9.17, 15) is 43.1 Å². The molecule has 0 rings (SSSR count). The topological polar surface area (TPSA) is 217 Å². The Morgan fingerprint density at radius 1 is 0.536 bits per heavy atom. The van der Waals surface area contributed by atoms with Crippen LogP contribution in [0.25, 0.3) is 0 Å². The Hall–Kier alpha value is 1.38. The summed E-state index contributed by atoms with van der Waals surface area (Å²) >= 11 is 0. The second-order valence-corrected chi connectivity index (χ2v) is 8.36. The van der Waals surface area contributed by atoms with Crippen LogP contribution in [0.3, 0.4) is 0 Å². The first kappa shape index (κ1) is 36.7. The molecule has 0 amide bonds. The molecule has 12 nitrogen and oxygen atoms in total. The molecule has 172 valence electrons. The molecule has 0 atom stereocenters. The molecule has 0 aromatic carbocycles. The third-order valence-electron chi connectivity index (χ3n) is 2.24. The van der Waals surface area contributed by atoms with Crippen LogP contribution in [0.15, 0.2) is 0 Å². The molecule has 0 aliphatic rings. The molecule has 0 bridgehead atoms. The van der Waals surface area contributed by atoms with Gasteiger partial charge in [-0.15, -0.1) is 0 Å².